The van der Waals surface area contributed by atoms with E-state index in [0.29, 0.717) is 10.7 Å². The molecule has 2 nitrogen and oxygen atoms in total. The number of aryl methyl sites for hydroxylation is 2. The van der Waals surface area contributed by atoms with E-state index in [9.17, 15) is 13.2 Å². The monoisotopic (exact) mass is 366 g/mol. The molecule has 0 bridgehead atoms. The average Bonchev–Trinajstić information content (AvgIpc) is 2.59. The Morgan fingerprint density at radius 3 is 2.16 bits per heavy atom. The van der Waals surface area contributed by atoms with Crippen LogP contribution in [0.15, 0.2) is 42.5 Å². The Kier molecular flexibility index (Phi) is 6.42. The first kappa shape index (κ1) is 19.2. The SMILES string of the molecule is CCc1cccc(CC)c1NC(=S)NCc1cccc(C(F)(F)F)c1. The predicted octanol–water partition coefficient (Wildman–Crippen LogP) is 5.32. The number of para-hydroxylation sites is 1. The van der Waals surface area contributed by atoms with Gasteiger partial charge in [-0.05, 0) is 53.9 Å². The maximum Gasteiger partial charge on any atom is 0.416 e. The lowest BCUT2D eigenvalue weighted by Crippen LogP contribution is -2.29. The lowest BCUT2D eigenvalue weighted by atomic mass is 10.0. The van der Waals surface area contributed by atoms with E-state index in [1.54, 1.807) is 6.07 Å². The van der Waals surface area contributed by atoms with Gasteiger partial charge in [0.25, 0.3) is 0 Å². The van der Waals surface area contributed by atoms with Crippen LogP contribution in [0.25, 0.3) is 0 Å². The summed E-state index contributed by atoms with van der Waals surface area (Å²) in [6.07, 6.45) is -2.61. The zero-order valence-electron chi connectivity index (χ0n) is 14.2. The second-order valence-electron chi connectivity index (χ2n) is 5.66. The second-order valence-corrected chi connectivity index (χ2v) is 6.07. The van der Waals surface area contributed by atoms with Gasteiger partial charge in [0, 0.05) is 12.2 Å². The average molecular weight is 366 g/mol. The summed E-state index contributed by atoms with van der Waals surface area (Å²) in [6, 6.07) is 11.3. The molecule has 134 valence electrons. The summed E-state index contributed by atoms with van der Waals surface area (Å²) in [5, 5.41) is 6.57. The fourth-order valence-corrected chi connectivity index (χ4v) is 2.78. The van der Waals surface area contributed by atoms with Crippen molar-refractivity contribution < 1.29 is 13.2 Å². The number of hydrogen-bond donors (Lipinski definition) is 2. The Balaban J connectivity index is 2.05. The Morgan fingerprint density at radius 2 is 1.60 bits per heavy atom. The van der Waals surface area contributed by atoms with Crippen LogP contribution in [0.3, 0.4) is 0 Å². The highest BCUT2D eigenvalue weighted by molar-refractivity contribution is 7.80. The van der Waals surface area contributed by atoms with Crippen LogP contribution in [-0.4, -0.2) is 5.11 Å². The van der Waals surface area contributed by atoms with E-state index in [4.69, 9.17) is 12.2 Å². The van der Waals surface area contributed by atoms with E-state index in [1.807, 2.05) is 18.2 Å². The van der Waals surface area contributed by atoms with Gasteiger partial charge >= 0.3 is 6.18 Å². The largest absolute Gasteiger partial charge is 0.416 e. The van der Waals surface area contributed by atoms with Crippen molar-refractivity contribution in [3.63, 3.8) is 0 Å². The van der Waals surface area contributed by atoms with Crippen LogP contribution in [0.5, 0.6) is 0 Å². The molecule has 0 amide bonds. The highest BCUT2D eigenvalue weighted by atomic mass is 32.1. The topological polar surface area (TPSA) is 24.1 Å². The number of halogens is 3. The van der Waals surface area contributed by atoms with Gasteiger partial charge in [0.05, 0.1) is 5.56 Å². The second kappa shape index (κ2) is 8.34. The van der Waals surface area contributed by atoms with E-state index in [0.717, 1.165) is 41.8 Å². The number of anilines is 1. The first-order valence-electron chi connectivity index (χ1n) is 8.16. The van der Waals surface area contributed by atoms with Gasteiger partial charge in [-0.1, -0.05) is 44.2 Å². The van der Waals surface area contributed by atoms with E-state index in [2.05, 4.69) is 24.5 Å². The van der Waals surface area contributed by atoms with Gasteiger partial charge in [-0.2, -0.15) is 13.2 Å². The molecule has 0 radical (unpaired) electrons. The van der Waals surface area contributed by atoms with Crippen molar-refractivity contribution in [3.05, 3.63) is 64.7 Å². The van der Waals surface area contributed by atoms with Crippen LogP contribution >= 0.6 is 12.2 Å². The molecule has 0 fully saturated rings. The molecular formula is C19H21F3N2S. The summed E-state index contributed by atoms with van der Waals surface area (Å²) in [7, 11) is 0. The maximum atomic E-state index is 12.8. The van der Waals surface area contributed by atoms with Crippen molar-refractivity contribution in [2.45, 2.75) is 39.4 Å². The molecule has 2 rings (SSSR count). The molecule has 6 heteroatoms. The molecule has 0 aliphatic heterocycles. The van der Waals surface area contributed by atoms with E-state index in [-0.39, 0.29) is 6.54 Å². The third-order valence-electron chi connectivity index (χ3n) is 3.94. The highest BCUT2D eigenvalue weighted by Gasteiger charge is 2.30. The summed E-state index contributed by atoms with van der Waals surface area (Å²) in [5.74, 6) is 0. The molecule has 0 aromatic heterocycles. The van der Waals surface area contributed by atoms with Gasteiger partial charge in [-0.3, -0.25) is 0 Å². The van der Waals surface area contributed by atoms with Gasteiger partial charge in [0.2, 0.25) is 0 Å². The molecule has 25 heavy (non-hydrogen) atoms. The Morgan fingerprint density at radius 1 is 1.00 bits per heavy atom. The predicted molar refractivity (Wildman–Crippen MR) is 99.7 cm³/mol. The number of benzene rings is 2. The summed E-state index contributed by atoms with van der Waals surface area (Å²) >= 11 is 5.31. The van der Waals surface area contributed by atoms with Crippen LogP contribution in [0.2, 0.25) is 0 Å². The van der Waals surface area contributed by atoms with Crippen molar-refractivity contribution in [1.29, 1.82) is 0 Å². The summed E-state index contributed by atoms with van der Waals surface area (Å²) < 4.78 is 38.3. The normalized spacial score (nSPS) is 11.2. The van der Waals surface area contributed by atoms with Crippen molar-refractivity contribution in [3.8, 4) is 0 Å². The van der Waals surface area contributed by atoms with Gasteiger partial charge in [0.15, 0.2) is 5.11 Å². The standard InChI is InChI=1S/C19H21F3N2S/c1-3-14-8-6-9-15(4-2)17(14)24-18(25)23-12-13-7-5-10-16(11-13)19(20,21)22/h5-11H,3-4,12H2,1-2H3,(H2,23,24,25). The van der Waals surface area contributed by atoms with Crippen LogP contribution in [0.1, 0.15) is 36.1 Å². The van der Waals surface area contributed by atoms with Crippen LogP contribution in [0, 0.1) is 0 Å². The summed E-state index contributed by atoms with van der Waals surface area (Å²) in [6.45, 7) is 4.36. The zero-order chi connectivity index (χ0) is 18.4. The van der Waals surface area contributed by atoms with E-state index >= 15 is 0 Å². The molecule has 2 aromatic rings. The molecule has 0 heterocycles. The quantitative estimate of drug-likeness (QED) is 0.701. The third-order valence-corrected chi connectivity index (χ3v) is 4.19. The number of rotatable bonds is 5. The van der Waals surface area contributed by atoms with Crippen molar-refractivity contribution in [2.24, 2.45) is 0 Å². The maximum absolute atomic E-state index is 12.8. The van der Waals surface area contributed by atoms with Crippen molar-refractivity contribution in [1.82, 2.24) is 5.32 Å². The number of alkyl halides is 3. The molecule has 0 aliphatic carbocycles. The van der Waals surface area contributed by atoms with Gasteiger partial charge in [0.1, 0.15) is 0 Å². The minimum Gasteiger partial charge on any atom is -0.358 e. The Hall–Kier alpha value is -2.08. The molecule has 0 unspecified atom stereocenters. The van der Waals surface area contributed by atoms with Gasteiger partial charge in [-0.15, -0.1) is 0 Å². The molecule has 0 aliphatic rings. The molecule has 0 saturated carbocycles. The van der Waals surface area contributed by atoms with Crippen molar-refractivity contribution >= 4 is 23.0 Å². The zero-order valence-corrected chi connectivity index (χ0v) is 15.0. The van der Waals surface area contributed by atoms with E-state index in [1.165, 1.54) is 6.07 Å². The minimum atomic E-state index is -4.34. The Labute approximate surface area is 151 Å². The first-order valence-corrected chi connectivity index (χ1v) is 8.57. The van der Waals surface area contributed by atoms with Gasteiger partial charge < -0.3 is 10.6 Å². The van der Waals surface area contributed by atoms with Crippen LogP contribution in [0.4, 0.5) is 18.9 Å². The molecular weight excluding hydrogens is 345 g/mol. The lowest BCUT2D eigenvalue weighted by molar-refractivity contribution is -0.137. The third kappa shape index (κ3) is 5.19. The molecule has 0 spiro atoms. The molecule has 2 N–H and O–H groups in total. The Bertz CT molecular complexity index is 719. The fraction of sp³-hybridized carbons (Fsp3) is 0.316. The number of hydrogen-bond acceptors (Lipinski definition) is 1. The number of thiocarbonyl (C=S) groups is 1. The minimum absolute atomic E-state index is 0.228. The fourth-order valence-electron chi connectivity index (χ4n) is 2.60. The van der Waals surface area contributed by atoms with Crippen LogP contribution < -0.4 is 10.6 Å². The lowest BCUT2D eigenvalue weighted by Gasteiger charge is -2.17. The molecule has 0 saturated heterocycles. The van der Waals surface area contributed by atoms with Crippen molar-refractivity contribution in [2.75, 3.05) is 5.32 Å². The molecule has 2 aromatic carbocycles. The smallest absolute Gasteiger partial charge is 0.358 e. The highest BCUT2D eigenvalue weighted by Crippen LogP contribution is 2.29. The summed E-state index contributed by atoms with van der Waals surface area (Å²) in [5.41, 5.74) is 3.16. The first-order chi connectivity index (χ1) is 11.8. The number of nitrogens with one attached hydrogen (secondary N) is 2. The van der Waals surface area contributed by atoms with Crippen LogP contribution in [-0.2, 0) is 25.6 Å². The summed E-state index contributed by atoms with van der Waals surface area (Å²) in [4.78, 5) is 0. The van der Waals surface area contributed by atoms with E-state index < -0.39 is 11.7 Å². The van der Waals surface area contributed by atoms with Gasteiger partial charge in [-0.25, -0.2) is 0 Å². The molecule has 0 atom stereocenters.